The maximum atomic E-state index is 6.40. The predicted octanol–water partition coefficient (Wildman–Crippen LogP) is 14.7. The monoisotopic (exact) mass is 756 g/mol. The van der Waals surface area contributed by atoms with Crippen LogP contribution in [0.5, 0.6) is 0 Å². The molecule has 1 saturated carbocycles. The van der Waals surface area contributed by atoms with Crippen LogP contribution in [-0.4, -0.2) is 9.97 Å². The van der Waals surface area contributed by atoms with E-state index >= 15 is 0 Å². The van der Waals surface area contributed by atoms with Crippen LogP contribution in [0.2, 0.25) is 0 Å². The zero-order chi connectivity index (χ0) is 39.2. The summed E-state index contributed by atoms with van der Waals surface area (Å²) in [5.74, 6) is 3.10. The molecule has 2 unspecified atom stereocenters. The van der Waals surface area contributed by atoms with Gasteiger partial charge in [-0.05, 0) is 86.2 Å². The van der Waals surface area contributed by atoms with Gasteiger partial charge in [-0.3, -0.25) is 0 Å². The molecule has 9 aromatic rings. The third-order valence-electron chi connectivity index (χ3n) is 13.0. The van der Waals surface area contributed by atoms with Crippen LogP contribution in [0.4, 0.5) is 0 Å². The molecule has 59 heavy (non-hydrogen) atoms. The highest BCUT2D eigenvalue weighted by Crippen LogP contribution is 2.55. The van der Waals surface area contributed by atoms with Gasteiger partial charge in [-0.2, -0.15) is 0 Å². The highest BCUT2D eigenvalue weighted by atomic mass is 16.3. The number of benzene rings is 7. The van der Waals surface area contributed by atoms with E-state index in [1.54, 1.807) is 0 Å². The van der Waals surface area contributed by atoms with Crippen LogP contribution < -0.4 is 0 Å². The average Bonchev–Trinajstić information content (AvgIpc) is 3.95. The van der Waals surface area contributed by atoms with E-state index in [1.165, 1.54) is 73.2 Å². The third-order valence-corrected chi connectivity index (χ3v) is 13.0. The summed E-state index contributed by atoms with van der Waals surface area (Å²) >= 11 is 0. The van der Waals surface area contributed by atoms with Crippen molar-refractivity contribution in [1.29, 1.82) is 0 Å². The molecule has 3 heteroatoms. The molecule has 0 spiro atoms. The lowest BCUT2D eigenvalue weighted by Gasteiger charge is -2.22. The fourth-order valence-corrected chi connectivity index (χ4v) is 9.67. The SMILES string of the molecule is CC1(C)c2ccccc2-c2ccc(-c3ccc(-c4cc(-c5ccc(-c6ccc(-c7cccc8oc9c(c78)C=CC7CC97)cc6)cc5)nc(-c5ccccc5)n4)cc3)cc21. The molecule has 0 saturated heterocycles. The van der Waals surface area contributed by atoms with Crippen molar-refractivity contribution in [3.8, 4) is 78.4 Å². The van der Waals surface area contributed by atoms with Gasteiger partial charge in [0.2, 0.25) is 0 Å². The lowest BCUT2D eigenvalue weighted by molar-refractivity contribution is 0.545. The maximum absolute atomic E-state index is 6.40. The molecule has 0 bridgehead atoms. The number of hydrogen-bond donors (Lipinski definition) is 0. The second-order valence-electron chi connectivity index (χ2n) is 16.9. The van der Waals surface area contributed by atoms with Crippen molar-refractivity contribution in [3.63, 3.8) is 0 Å². The molecule has 280 valence electrons. The molecule has 0 radical (unpaired) electrons. The van der Waals surface area contributed by atoms with Crippen LogP contribution in [-0.2, 0) is 5.41 Å². The summed E-state index contributed by atoms with van der Waals surface area (Å²) in [5, 5.41) is 1.23. The molecule has 3 aliphatic carbocycles. The van der Waals surface area contributed by atoms with Gasteiger partial charge in [0.05, 0.1) is 11.4 Å². The van der Waals surface area contributed by atoms with E-state index in [-0.39, 0.29) is 5.41 Å². The Kier molecular flexibility index (Phi) is 7.46. The molecule has 1 fully saturated rings. The molecule has 0 amide bonds. The Bertz CT molecular complexity index is 3130. The van der Waals surface area contributed by atoms with E-state index in [4.69, 9.17) is 14.4 Å². The lowest BCUT2D eigenvalue weighted by atomic mass is 9.81. The van der Waals surface area contributed by atoms with Gasteiger partial charge in [-0.25, -0.2) is 9.97 Å². The first-order chi connectivity index (χ1) is 29.0. The number of fused-ring (bicyclic) bond motifs is 8. The Hall–Kier alpha value is -7.10. The second-order valence-corrected chi connectivity index (χ2v) is 16.9. The smallest absolute Gasteiger partial charge is 0.160 e. The zero-order valence-electron chi connectivity index (χ0n) is 33.0. The summed E-state index contributed by atoms with van der Waals surface area (Å²) in [6.45, 7) is 4.67. The van der Waals surface area contributed by atoms with E-state index < -0.39 is 0 Å². The normalized spacial score (nSPS) is 16.6. The van der Waals surface area contributed by atoms with Gasteiger partial charge in [0.15, 0.2) is 5.82 Å². The lowest BCUT2D eigenvalue weighted by Crippen LogP contribution is -2.14. The highest BCUT2D eigenvalue weighted by Gasteiger charge is 2.43. The van der Waals surface area contributed by atoms with Crippen molar-refractivity contribution in [2.75, 3.05) is 0 Å². The van der Waals surface area contributed by atoms with Gasteiger partial charge in [-0.1, -0.05) is 178 Å². The van der Waals surface area contributed by atoms with Gasteiger partial charge >= 0.3 is 0 Å². The van der Waals surface area contributed by atoms with Gasteiger partial charge < -0.3 is 4.42 Å². The van der Waals surface area contributed by atoms with Crippen LogP contribution in [0.25, 0.3) is 95.5 Å². The topological polar surface area (TPSA) is 38.9 Å². The van der Waals surface area contributed by atoms with Crippen molar-refractivity contribution in [2.45, 2.75) is 31.6 Å². The van der Waals surface area contributed by atoms with E-state index in [0.29, 0.717) is 17.7 Å². The molecule has 12 rings (SSSR count). The van der Waals surface area contributed by atoms with Crippen molar-refractivity contribution >= 4 is 17.0 Å². The molecule has 0 N–H and O–H groups in total. The Labute approximate surface area is 344 Å². The standard InChI is InChI=1S/C56H40N2O/c1-56(2)48-13-7-6-11-44(48)45-29-27-41(32-49(45)56)36-19-25-39(26-20-36)51-33-50(57-55(58-51)40-9-4-3-5-10-40)38-23-17-35(18-24-38)34-15-21-37(22-16-34)43-12-8-14-52-53(43)46-30-28-42-31-47(42)54(46)59-52/h3-30,32-33,42,47H,31H2,1-2H3. The number of rotatable bonds is 6. The molecule has 0 aliphatic heterocycles. The quantitative estimate of drug-likeness (QED) is 0.170. The first kappa shape index (κ1) is 34.0. The van der Waals surface area contributed by atoms with Gasteiger partial charge in [-0.15, -0.1) is 0 Å². The maximum Gasteiger partial charge on any atom is 0.160 e. The Morgan fingerprint density at radius 3 is 1.78 bits per heavy atom. The number of hydrogen-bond acceptors (Lipinski definition) is 3. The van der Waals surface area contributed by atoms with Crippen molar-refractivity contribution in [3.05, 3.63) is 198 Å². The molecule has 2 aromatic heterocycles. The molecule has 7 aromatic carbocycles. The summed E-state index contributed by atoms with van der Waals surface area (Å²) in [4.78, 5) is 10.2. The van der Waals surface area contributed by atoms with Gasteiger partial charge in [0, 0.05) is 39.0 Å². The van der Waals surface area contributed by atoms with Crippen LogP contribution in [0, 0.1) is 5.92 Å². The zero-order valence-corrected chi connectivity index (χ0v) is 33.0. The second kappa shape index (κ2) is 13.0. The minimum absolute atomic E-state index is 0.0373. The molecule has 3 aliphatic rings. The van der Waals surface area contributed by atoms with Gasteiger partial charge in [0.25, 0.3) is 0 Å². The first-order valence-electron chi connectivity index (χ1n) is 20.7. The van der Waals surface area contributed by atoms with Crippen LogP contribution in [0.3, 0.4) is 0 Å². The average molecular weight is 757 g/mol. The van der Waals surface area contributed by atoms with Crippen LogP contribution in [0.1, 0.15) is 48.6 Å². The minimum atomic E-state index is -0.0373. The van der Waals surface area contributed by atoms with E-state index in [9.17, 15) is 0 Å². The van der Waals surface area contributed by atoms with Crippen LogP contribution in [0.15, 0.2) is 180 Å². The molecule has 3 nitrogen and oxygen atoms in total. The number of allylic oxidation sites excluding steroid dienone is 1. The van der Waals surface area contributed by atoms with E-state index in [1.807, 2.05) is 18.2 Å². The summed E-state index contributed by atoms with van der Waals surface area (Å²) < 4.78 is 6.40. The van der Waals surface area contributed by atoms with E-state index in [2.05, 4.69) is 178 Å². The van der Waals surface area contributed by atoms with Crippen molar-refractivity contribution in [1.82, 2.24) is 9.97 Å². The number of nitrogens with zero attached hydrogens (tertiary/aromatic N) is 2. The van der Waals surface area contributed by atoms with Crippen molar-refractivity contribution in [2.24, 2.45) is 5.92 Å². The fraction of sp³-hybridized carbons (Fsp3) is 0.107. The number of furan rings is 1. The van der Waals surface area contributed by atoms with E-state index in [0.717, 1.165) is 39.2 Å². The third kappa shape index (κ3) is 5.56. The molecular formula is C56H40N2O. The summed E-state index contributed by atoms with van der Waals surface area (Å²) in [6.07, 6.45) is 5.85. The summed E-state index contributed by atoms with van der Waals surface area (Å²) in [6, 6.07) is 61.1. The van der Waals surface area contributed by atoms with Gasteiger partial charge in [0.1, 0.15) is 11.3 Å². The first-order valence-corrected chi connectivity index (χ1v) is 20.7. The van der Waals surface area contributed by atoms with Crippen molar-refractivity contribution < 1.29 is 4.42 Å². The molecule has 2 atom stereocenters. The van der Waals surface area contributed by atoms with Crippen LogP contribution >= 0.6 is 0 Å². The number of aromatic nitrogens is 2. The Balaban J connectivity index is 0.847. The summed E-state index contributed by atoms with van der Waals surface area (Å²) in [5.41, 5.74) is 19.7. The molecule has 2 heterocycles. The molecular weight excluding hydrogens is 717 g/mol. The highest BCUT2D eigenvalue weighted by molar-refractivity contribution is 6.01. The minimum Gasteiger partial charge on any atom is -0.460 e. The summed E-state index contributed by atoms with van der Waals surface area (Å²) in [7, 11) is 0. The fourth-order valence-electron chi connectivity index (χ4n) is 9.67. The Morgan fingerprint density at radius 1 is 0.492 bits per heavy atom. The predicted molar refractivity (Wildman–Crippen MR) is 242 cm³/mol. The Morgan fingerprint density at radius 2 is 1.07 bits per heavy atom. The largest absolute Gasteiger partial charge is 0.460 e.